The summed E-state index contributed by atoms with van der Waals surface area (Å²) < 4.78 is 5.73. The molecule has 0 unspecified atom stereocenters. The van der Waals surface area contributed by atoms with Gasteiger partial charge >= 0.3 is 0 Å². The number of fused-ring (bicyclic) bond motifs is 1. The first-order chi connectivity index (χ1) is 16.5. The van der Waals surface area contributed by atoms with Crippen LogP contribution in [0.25, 0.3) is 6.08 Å². The van der Waals surface area contributed by atoms with Crippen molar-refractivity contribution in [1.82, 2.24) is 9.80 Å². The van der Waals surface area contributed by atoms with E-state index in [1.807, 2.05) is 37.3 Å². The van der Waals surface area contributed by atoms with Crippen molar-refractivity contribution in [3.63, 3.8) is 0 Å². The number of hydrogen-bond acceptors (Lipinski definition) is 6. The van der Waals surface area contributed by atoms with Crippen LogP contribution in [0.15, 0.2) is 46.2 Å². The van der Waals surface area contributed by atoms with Crippen molar-refractivity contribution in [3.05, 3.63) is 52.6 Å². The van der Waals surface area contributed by atoms with Gasteiger partial charge in [-0.1, -0.05) is 29.4 Å². The van der Waals surface area contributed by atoms with Crippen molar-refractivity contribution in [2.45, 2.75) is 30.1 Å². The third-order valence-corrected chi connectivity index (χ3v) is 7.23. The average Bonchev–Trinajstić information content (AvgIpc) is 2.85. The molecular weight excluding hydrogens is 476 g/mol. The van der Waals surface area contributed by atoms with E-state index >= 15 is 0 Å². The third-order valence-electron chi connectivity index (χ3n) is 5.69. The van der Waals surface area contributed by atoms with Crippen LogP contribution in [-0.4, -0.2) is 61.0 Å². The number of nitrogens with zero attached hydrogens (tertiary/aromatic N) is 2. The Balaban J connectivity index is 1.43. The number of benzene rings is 2. The van der Waals surface area contributed by atoms with E-state index in [4.69, 9.17) is 26.1 Å². The first-order valence-corrected chi connectivity index (χ1v) is 12.4. The van der Waals surface area contributed by atoms with E-state index in [0.717, 1.165) is 26.7 Å². The number of hydrogen-bond donors (Lipinski definition) is 0. The fraction of sp³-hybridized carbons (Fsp3) is 0.360. The van der Waals surface area contributed by atoms with Crippen LogP contribution in [-0.2, 0) is 20.9 Å². The van der Waals surface area contributed by atoms with Crippen molar-refractivity contribution in [3.8, 4) is 11.5 Å². The van der Waals surface area contributed by atoms with Crippen molar-refractivity contribution in [2.24, 2.45) is 0 Å². The first kappa shape index (κ1) is 24.4. The second-order valence-corrected chi connectivity index (χ2v) is 9.41. The van der Waals surface area contributed by atoms with Gasteiger partial charge in [-0.2, -0.15) is 4.89 Å². The van der Waals surface area contributed by atoms with Gasteiger partial charge in [-0.3, -0.25) is 9.59 Å². The van der Waals surface area contributed by atoms with Gasteiger partial charge in [0.2, 0.25) is 11.8 Å². The maximum Gasteiger partial charge on any atom is 0.246 e. The minimum Gasteiger partial charge on any atom is -0.493 e. The topological polar surface area (TPSA) is 68.3 Å². The molecule has 0 aromatic heterocycles. The van der Waals surface area contributed by atoms with Crippen molar-refractivity contribution in [2.75, 3.05) is 39.4 Å². The van der Waals surface area contributed by atoms with Crippen LogP contribution in [0, 0.1) is 0 Å². The molecule has 2 aromatic carbocycles. The Morgan fingerprint density at radius 1 is 1.12 bits per heavy atom. The molecule has 0 N–H and O–H groups in total. The smallest absolute Gasteiger partial charge is 0.246 e. The second-order valence-electron chi connectivity index (χ2n) is 7.91. The van der Waals surface area contributed by atoms with Gasteiger partial charge < -0.3 is 19.4 Å². The van der Waals surface area contributed by atoms with E-state index in [1.54, 1.807) is 28.9 Å². The highest BCUT2D eigenvalue weighted by Crippen LogP contribution is 2.44. The molecule has 2 aliphatic heterocycles. The Kier molecular flexibility index (Phi) is 8.03. The summed E-state index contributed by atoms with van der Waals surface area (Å²) in [7, 11) is 0. The van der Waals surface area contributed by atoms with E-state index in [2.05, 4.69) is 0 Å². The fourth-order valence-electron chi connectivity index (χ4n) is 3.87. The number of carbonyl (C=O) groups excluding carboxylic acids is 2. The molecule has 2 heterocycles. The largest absolute Gasteiger partial charge is 0.493 e. The Morgan fingerprint density at radius 3 is 2.56 bits per heavy atom. The molecule has 0 radical (unpaired) electrons. The first-order valence-electron chi connectivity index (χ1n) is 11.2. The van der Waals surface area contributed by atoms with Crippen LogP contribution in [0.5, 0.6) is 11.5 Å². The van der Waals surface area contributed by atoms with Crippen LogP contribution in [0.4, 0.5) is 0 Å². The SMILES string of the molecule is CCOc1ccc(Sc2ccc(C=CC(=O)N3CCN(C(C)=O)CC3)cc2Cl)c2c1CCOO2. The maximum absolute atomic E-state index is 12.5. The molecule has 2 amide bonds. The van der Waals surface area contributed by atoms with Gasteiger partial charge in [-0.15, -0.1) is 0 Å². The van der Waals surface area contributed by atoms with Crippen LogP contribution >= 0.6 is 23.4 Å². The van der Waals surface area contributed by atoms with Crippen LogP contribution in [0.2, 0.25) is 5.02 Å². The highest BCUT2D eigenvalue weighted by atomic mass is 35.5. The predicted octanol–water partition coefficient (Wildman–Crippen LogP) is 4.46. The molecule has 0 saturated carbocycles. The molecule has 0 atom stereocenters. The summed E-state index contributed by atoms with van der Waals surface area (Å²) >= 11 is 8.06. The molecule has 180 valence electrons. The predicted molar refractivity (Wildman–Crippen MR) is 131 cm³/mol. The van der Waals surface area contributed by atoms with E-state index in [0.29, 0.717) is 56.6 Å². The normalized spacial score (nSPS) is 15.7. The monoisotopic (exact) mass is 502 g/mol. The zero-order valence-electron chi connectivity index (χ0n) is 19.2. The Bertz CT molecular complexity index is 1100. The van der Waals surface area contributed by atoms with E-state index in [9.17, 15) is 9.59 Å². The number of rotatable bonds is 6. The zero-order valence-corrected chi connectivity index (χ0v) is 20.8. The quantitative estimate of drug-likeness (QED) is 0.429. The van der Waals surface area contributed by atoms with E-state index in [-0.39, 0.29) is 11.8 Å². The number of halogens is 1. The third kappa shape index (κ3) is 5.68. The van der Waals surface area contributed by atoms with Gasteiger partial charge in [0.15, 0.2) is 5.75 Å². The molecule has 1 saturated heterocycles. The summed E-state index contributed by atoms with van der Waals surface area (Å²) in [5.41, 5.74) is 1.83. The lowest BCUT2D eigenvalue weighted by molar-refractivity contribution is -0.217. The molecule has 7 nitrogen and oxygen atoms in total. The van der Waals surface area contributed by atoms with Crippen molar-refractivity contribution in [1.29, 1.82) is 0 Å². The molecule has 1 fully saturated rings. The fourth-order valence-corrected chi connectivity index (χ4v) is 5.09. The molecule has 2 aliphatic rings. The number of amides is 2. The summed E-state index contributed by atoms with van der Waals surface area (Å²) in [5, 5.41) is 0.578. The van der Waals surface area contributed by atoms with Gasteiger partial charge in [0.25, 0.3) is 0 Å². The molecule has 0 bridgehead atoms. The average molecular weight is 503 g/mol. The summed E-state index contributed by atoms with van der Waals surface area (Å²) in [6.07, 6.45) is 4.03. The summed E-state index contributed by atoms with van der Waals surface area (Å²) in [6.45, 7) is 6.77. The molecule has 2 aromatic rings. The van der Waals surface area contributed by atoms with Gasteiger partial charge in [0.05, 0.1) is 23.1 Å². The maximum atomic E-state index is 12.5. The minimum atomic E-state index is -0.0732. The lowest BCUT2D eigenvalue weighted by atomic mass is 10.1. The van der Waals surface area contributed by atoms with Crippen molar-refractivity contribution < 1.29 is 24.1 Å². The molecule has 0 aliphatic carbocycles. The van der Waals surface area contributed by atoms with Crippen molar-refractivity contribution >= 4 is 41.3 Å². The lowest BCUT2D eigenvalue weighted by Crippen LogP contribution is -2.49. The lowest BCUT2D eigenvalue weighted by Gasteiger charge is -2.33. The molecular formula is C25H27ClN2O5S. The van der Waals surface area contributed by atoms with Crippen LogP contribution in [0.1, 0.15) is 25.0 Å². The van der Waals surface area contributed by atoms with Gasteiger partial charge in [0, 0.05) is 56.1 Å². The number of ether oxygens (including phenoxy) is 1. The Hall–Kier alpha value is -2.68. The van der Waals surface area contributed by atoms with Gasteiger partial charge in [-0.05, 0) is 42.8 Å². The van der Waals surface area contributed by atoms with Crippen LogP contribution in [0.3, 0.4) is 0 Å². The molecule has 0 spiro atoms. The highest BCUT2D eigenvalue weighted by Gasteiger charge is 2.23. The Morgan fingerprint density at radius 2 is 1.85 bits per heavy atom. The Labute approximate surface area is 208 Å². The highest BCUT2D eigenvalue weighted by molar-refractivity contribution is 7.99. The number of carbonyl (C=O) groups is 2. The van der Waals surface area contributed by atoms with E-state index < -0.39 is 0 Å². The van der Waals surface area contributed by atoms with E-state index in [1.165, 1.54) is 11.8 Å². The molecule has 9 heteroatoms. The summed E-state index contributed by atoms with van der Waals surface area (Å²) in [6, 6.07) is 9.57. The summed E-state index contributed by atoms with van der Waals surface area (Å²) in [5.74, 6) is 1.44. The van der Waals surface area contributed by atoms with Crippen LogP contribution < -0.4 is 9.62 Å². The van der Waals surface area contributed by atoms with Gasteiger partial charge in [0.1, 0.15) is 5.75 Å². The minimum absolute atomic E-state index is 0.0417. The standard InChI is InChI=1S/C25H27ClN2O5S/c1-3-31-21-6-8-23(25-19(21)10-15-32-33-25)34-22-7-4-18(16-20(22)26)5-9-24(30)28-13-11-27(12-14-28)17(2)29/h4-9,16H,3,10-15H2,1-2H3. The zero-order chi connectivity index (χ0) is 24.1. The molecule has 4 rings (SSSR count). The molecule has 34 heavy (non-hydrogen) atoms. The second kappa shape index (κ2) is 11.2. The summed E-state index contributed by atoms with van der Waals surface area (Å²) in [4.78, 5) is 39.9. The van der Waals surface area contributed by atoms with Gasteiger partial charge in [-0.25, -0.2) is 0 Å². The number of piperazine rings is 1.